The molecule has 0 amide bonds. The highest BCUT2D eigenvalue weighted by atomic mass is 19.1. The number of rotatable bonds is 5. The van der Waals surface area contributed by atoms with E-state index in [1.54, 1.807) is 30.4 Å². The summed E-state index contributed by atoms with van der Waals surface area (Å²) in [6.45, 7) is 3.77. The minimum absolute atomic E-state index is 0.00833. The van der Waals surface area contributed by atoms with E-state index < -0.39 is 5.97 Å². The van der Waals surface area contributed by atoms with Crippen LogP contribution in [-0.4, -0.2) is 21.0 Å². The van der Waals surface area contributed by atoms with E-state index >= 15 is 0 Å². The van der Waals surface area contributed by atoms with Gasteiger partial charge in [-0.1, -0.05) is 44.2 Å². The first-order valence-corrected chi connectivity index (χ1v) is 7.18. The summed E-state index contributed by atoms with van der Waals surface area (Å²) in [4.78, 5) is 19.5. The molecule has 0 saturated heterocycles. The van der Waals surface area contributed by atoms with Crippen LogP contribution in [0.4, 0.5) is 4.39 Å². The second kappa shape index (κ2) is 7.45. The Bertz CT molecular complexity index is 750. The molecule has 118 valence electrons. The van der Waals surface area contributed by atoms with Crippen LogP contribution in [0.2, 0.25) is 0 Å². The Kier molecular flexibility index (Phi) is 5.36. The van der Waals surface area contributed by atoms with Gasteiger partial charge in [0.25, 0.3) is 0 Å². The van der Waals surface area contributed by atoms with Crippen LogP contribution in [0.5, 0.6) is 0 Å². The lowest BCUT2D eigenvalue weighted by Gasteiger charge is -2.08. The van der Waals surface area contributed by atoms with Gasteiger partial charge in [0.1, 0.15) is 5.82 Å². The fourth-order valence-electron chi connectivity index (χ4n) is 1.98. The molecule has 0 radical (unpaired) electrons. The first kappa shape index (κ1) is 16.5. The van der Waals surface area contributed by atoms with Crippen LogP contribution in [-0.2, 0) is 0 Å². The number of aromatic nitrogens is 2. The van der Waals surface area contributed by atoms with Crippen LogP contribution < -0.4 is 0 Å². The highest BCUT2D eigenvalue weighted by Crippen LogP contribution is 2.17. The largest absolute Gasteiger partial charge is 0.478 e. The molecule has 0 fully saturated rings. The molecule has 0 spiro atoms. The summed E-state index contributed by atoms with van der Waals surface area (Å²) in [6.07, 6.45) is 8.39. The first-order chi connectivity index (χ1) is 11.0. The summed E-state index contributed by atoms with van der Waals surface area (Å²) in [5, 5.41) is 9.13. The van der Waals surface area contributed by atoms with Crippen molar-refractivity contribution in [2.24, 2.45) is 0 Å². The Balaban J connectivity index is 2.14. The number of aromatic carboxylic acids is 1. The standard InChI is InChI=1S/C18H17FN2O2/c1-12(2)17-15(18(22)23)11-20-16(21-17)6-4-3-5-13-7-9-14(19)10-8-13/h3-12H,1-2H3,(H,22,23)/b5-3+,6-4+. The third kappa shape index (κ3) is 4.57. The maximum atomic E-state index is 12.8. The monoisotopic (exact) mass is 312 g/mol. The second-order valence-corrected chi connectivity index (χ2v) is 5.26. The Morgan fingerprint density at radius 2 is 1.83 bits per heavy atom. The van der Waals surface area contributed by atoms with E-state index in [0.29, 0.717) is 11.5 Å². The number of allylic oxidation sites excluding steroid dienone is 2. The van der Waals surface area contributed by atoms with Crippen molar-refractivity contribution in [1.29, 1.82) is 0 Å². The van der Waals surface area contributed by atoms with E-state index in [2.05, 4.69) is 9.97 Å². The minimum atomic E-state index is -1.03. The number of carboxylic acids is 1. The highest BCUT2D eigenvalue weighted by Gasteiger charge is 2.15. The summed E-state index contributed by atoms with van der Waals surface area (Å²) in [5.41, 5.74) is 1.51. The Morgan fingerprint density at radius 1 is 1.17 bits per heavy atom. The molecule has 2 aromatic rings. The lowest BCUT2D eigenvalue weighted by Crippen LogP contribution is -2.08. The molecule has 1 N–H and O–H groups in total. The van der Waals surface area contributed by atoms with Crippen LogP contribution in [0.3, 0.4) is 0 Å². The average Bonchev–Trinajstić information content (AvgIpc) is 2.53. The molecule has 0 aliphatic heterocycles. The zero-order valence-corrected chi connectivity index (χ0v) is 12.9. The molecule has 0 aliphatic rings. The summed E-state index contributed by atoms with van der Waals surface area (Å²) in [7, 11) is 0. The van der Waals surface area contributed by atoms with Gasteiger partial charge in [-0.25, -0.2) is 19.2 Å². The zero-order valence-electron chi connectivity index (χ0n) is 12.9. The predicted molar refractivity (Wildman–Crippen MR) is 87.5 cm³/mol. The number of halogens is 1. The van der Waals surface area contributed by atoms with E-state index in [-0.39, 0.29) is 17.3 Å². The van der Waals surface area contributed by atoms with Crippen molar-refractivity contribution >= 4 is 18.1 Å². The molecule has 4 nitrogen and oxygen atoms in total. The van der Waals surface area contributed by atoms with Gasteiger partial charge in [0.05, 0.1) is 11.3 Å². The summed E-state index contributed by atoms with van der Waals surface area (Å²) < 4.78 is 12.8. The van der Waals surface area contributed by atoms with Gasteiger partial charge < -0.3 is 5.11 Å². The van der Waals surface area contributed by atoms with E-state index in [1.165, 1.54) is 18.3 Å². The third-order valence-corrected chi connectivity index (χ3v) is 3.13. The van der Waals surface area contributed by atoms with Crippen molar-refractivity contribution in [3.63, 3.8) is 0 Å². The van der Waals surface area contributed by atoms with Gasteiger partial charge in [-0.3, -0.25) is 0 Å². The van der Waals surface area contributed by atoms with Crippen LogP contribution >= 0.6 is 0 Å². The third-order valence-electron chi connectivity index (χ3n) is 3.13. The van der Waals surface area contributed by atoms with Crippen molar-refractivity contribution in [3.8, 4) is 0 Å². The number of nitrogens with zero attached hydrogens (tertiary/aromatic N) is 2. The van der Waals surface area contributed by atoms with Crippen LogP contribution in [0.1, 0.15) is 47.2 Å². The molecular formula is C18H17FN2O2. The van der Waals surface area contributed by atoms with E-state index in [4.69, 9.17) is 5.11 Å². The van der Waals surface area contributed by atoms with Crippen molar-refractivity contribution in [2.45, 2.75) is 19.8 Å². The molecular weight excluding hydrogens is 295 g/mol. The fourth-order valence-corrected chi connectivity index (χ4v) is 1.98. The summed E-state index contributed by atoms with van der Waals surface area (Å²) >= 11 is 0. The minimum Gasteiger partial charge on any atom is -0.478 e. The van der Waals surface area contributed by atoms with E-state index in [0.717, 1.165) is 5.56 Å². The molecule has 0 atom stereocenters. The number of hydrogen-bond acceptors (Lipinski definition) is 3. The first-order valence-electron chi connectivity index (χ1n) is 7.18. The predicted octanol–water partition coefficient (Wildman–Crippen LogP) is 4.16. The molecule has 1 aromatic heterocycles. The van der Waals surface area contributed by atoms with Crippen LogP contribution in [0.25, 0.3) is 12.2 Å². The Labute approximate surface area is 134 Å². The van der Waals surface area contributed by atoms with E-state index in [1.807, 2.05) is 19.9 Å². The maximum absolute atomic E-state index is 12.8. The average molecular weight is 312 g/mol. The number of hydrogen-bond donors (Lipinski definition) is 1. The topological polar surface area (TPSA) is 63.1 Å². The number of carboxylic acid groups (broad SMARTS) is 1. The van der Waals surface area contributed by atoms with Crippen molar-refractivity contribution in [1.82, 2.24) is 9.97 Å². The lowest BCUT2D eigenvalue weighted by molar-refractivity contribution is 0.0694. The second-order valence-electron chi connectivity index (χ2n) is 5.26. The molecule has 5 heteroatoms. The van der Waals surface area contributed by atoms with Gasteiger partial charge >= 0.3 is 5.97 Å². The number of benzene rings is 1. The number of carbonyl (C=O) groups is 1. The Hall–Kier alpha value is -2.82. The van der Waals surface area contributed by atoms with Gasteiger partial charge in [-0.15, -0.1) is 0 Å². The molecule has 23 heavy (non-hydrogen) atoms. The molecule has 1 heterocycles. The molecule has 0 aliphatic carbocycles. The van der Waals surface area contributed by atoms with Crippen LogP contribution in [0, 0.1) is 5.82 Å². The van der Waals surface area contributed by atoms with Crippen molar-refractivity contribution < 1.29 is 14.3 Å². The molecule has 0 bridgehead atoms. The SMILES string of the molecule is CC(C)c1nc(/C=C/C=C/c2ccc(F)cc2)ncc1C(=O)O. The molecule has 2 rings (SSSR count). The maximum Gasteiger partial charge on any atom is 0.339 e. The quantitative estimate of drug-likeness (QED) is 0.842. The molecule has 0 unspecified atom stereocenters. The van der Waals surface area contributed by atoms with Gasteiger partial charge in [0.15, 0.2) is 5.82 Å². The Morgan fingerprint density at radius 3 is 2.43 bits per heavy atom. The van der Waals surface area contributed by atoms with Gasteiger partial charge in [0, 0.05) is 6.20 Å². The fraction of sp³-hybridized carbons (Fsp3) is 0.167. The highest BCUT2D eigenvalue weighted by molar-refractivity contribution is 5.88. The van der Waals surface area contributed by atoms with Gasteiger partial charge in [-0.2, -0.15) is 0 Å². The summed E-state index contributed by atoms with van der Waals surface area (Å²) in [6, 6.07) is 6.14. The van der Waals surface area contributed by atoms with Crippen LogP contribution in [0.15, 0.2) is 42.6 Å². The van der Waals surface area contributed by atoms with Crippen molar-refractivity contribution in [2.75, 3.05) is 0 Å². The smallest absolute Gasteiger partial charge is 0.339 e. The molecule has 1 aromatic carbocycles. The normalized spacial score (nSPS) is 11.7. The lowest BCUT2D eigenvalue weighted by atomic mass is 10.1. The van der Waals surface area contributed by atoms with Crippen molar-refractivity contribution in [3.05, 3.63) is 71.1 Å². The zero-order chi connectivity index (χ0) is 16.8. The van der Waals surface area contributed by atoms with Gasteiger partial charge in [0.2, 0.25) is 0 Å². The molecule has 0 saturated carbocycles. The van der Waals surface area contributed by atoms with Gasteiger partial charge in [-0.05, 0) is 29.7 Å². The summed E-state index contributed by atoms with van der Waals surface area (Å²) in [5.74, 6) is -0.861. The van der Waals surface area contributed by atoms with E-state index in [9.17, 15) is 9.18 Å².